The van der Waals surface area contributed by atoms with Crippen molar-refractivity contribution in [1.29, 1.82) is 0 Å². The van der Waals surface area contributed by atoms with Crippen LogP contribution >= 0.6 is 0 Å². The summed E-state index contributed by atoms with van der Waals surface area (Å²) < 4.78 is 27.8. The van der Waals surface area contributed by atoms with Crippen molar-refractivity contribution in [1.82, 2.24) is 4.98 Å². The Labute approximate surface area is 140 Å². The molecule has 4 nitrogen and oxygen atoms in total. The van der Waals surface area contributed by atoms with Crippen molar-refractivity contribution in [2.75, 3.05) is 4.72 Å². The lowest BCUT2D eigenvalue weighted by Crippen LogP contribution is -2.13. The van der Waals surface area contributed by atoms with Gasteiger partial charge in [-0.1, -0.05) is 30.4 Å². The Bertz CT molecular complexity index is 1000. The molecule has 0 bridgehead atoms. The fourth-order valence-electron chi connectivity index (χ4n) is 2.85. The fraction of sp³-hybridized carbons (Fsp3) is 0.0526. The van der Waals surface area contributed by atoms with E-state index in [1.165, 1.54) is 5.56 Å². The molecule has 2 aromatic carbocycles. The monoisotopic (exact) mass is 336 g/mol. The first-order valence-corrected chi connectivity index (χ1v) is 9.16. The first-order valence-electron chi connectivity index (χ1n) is 7.68. The molecule has 0 saturated heterocycles. The molecular weight excluding hydrogens is 320 g/mol. The molecule has 1 aliphatic carbocycles. The van der Waals surface area contributed by atoms with Crippen LogP contribution in [0.2, 0.25) is 0 Å². The van der Waals surface area contributed by atoms with Crippen molar-refractivity contribution in [2.24, 2.45) is 0 Å². The molecule has 0 atom stereocenters. The van der Waals surface area contributed by atoms with Gasteiger partial charge in [0.15, 0.2) is 0 Å². The van der Waals surface area contributed by atoms with E-state index in [9.17, 15) is 8.42 Å². The highest BCUT2D eigenvalue weighted by atomic mass is 32.2. The number of aromatic amines is 1. The van der Waals surface area contributed by atoms with Gasteiger partial charge >= 0.3 is 0 Å². The van der Waals surface area contributed by atoms with Gasteiger partial charge in [-0.05, 0) is 59.5 Å². The Balaban J connectivity index is 1.59. The highest BCUT2D eigenvalue weighted by molar-refractivity contribution is 7.92. The van der Waals surface area contributed by atoms with Gasteiger partial charge in [-0.25, -0.2) is 8.42 Å². The molecule has 1 heterocycles. The molecule has 0 fully saturated rings. The molecule has 4 rings (SSSR count). The summed E-state index contributed by atoms with van der Waals surface area (Å²) in [5.74, 6) is 0. The number of rotatable bonds is 4. The van der Waals surface area contributed by atoms with Crippen LogP contribution in [0.15, 0.2) is 71.8 Å². The molecule has 3 aromatic rings. The van der Waals surface area contributed by atoms with Crippen LogP contribution < -0.4 is 4.72 Å². The number of nitrogens with one attached hydrogen (secondary N) is 2. The van der Waals surface area contributed by atoms with Crippen molar-refractivity contribution in [3.63, 3.8) is 0 Å². The summed E-state index contributed by atoms with van der Waals surface area (Å²) in [6.07, 6.45) is 6.83. The predicted molar refractivity (Wildman–Crippen MR) is 96.2 cm³/mol. The van der Waals surface area contributed by atoms with Crippen molar-refractivity contribution >= 4 is 21.8 Å². The van der Waals surface area contributed by atoms with Crippen LogP contribution in [0.25, 0.3) is 17.3 Å². The number of sulfonamides is 1. The average Bonchev–Trinajstić information content (AvgIpc) is 3.26. The van der Waals surface area contributed by atoms with Gasteiger partial charge in [0.2, 0.25) is 0 Å². The molecule has 0 amide bonds. The van der Waals surface area contributed by atoms with Gasteiger partial charge in [-0.3, -0.25) is 4.72 Å². The van der Waals surface area contributed by atoms with Crippen molar-refractivity contribution in [3.8, 4) is 11.3 Å². The molecule has 0 saturated carbocycles. The number of benzene rings is 2. The van der Waals surface area contributed by atoms with E-state index in [4.69, 9.17) is 0 Å². The molecule has 0 unspecified atom stereocenters. The third-order valence-electron chi connectivity index (χ3n) is 4.11. The minimum atomic E-state index is -3.60. The van der Waals surface area contributed by atoms with Gasteiger partial charge in [-0.2, -0.15) is 0 Å². The van der Waals surface area contributed by atoms with E-state index in [1.54, 1.807) is 30.3 Å². The Morgan fingerprint density at radius 1 is 1.00 bits per heavy atom. The lowest BCUT2D eigenvalue weighted by molar-refractivity contribution is 0.601. The third kappa shape index (κ3) is 2.74. The first kappa shape index (κ1) is 14.8. The number of aromatic nitrogens is 1. The van der Waals surface area contributed by atoms with Gasteiger partial charge in [0.1, 0.15) is 0 Å². The largest absolute Gasteiger partial charge is 0.361 e. The first-order chi connectivity index (χ1) is 11.6. The highest BCUT2D eigenvalue weighted by Gasteiger charge is 2.15. The second-order valence-corrected chi connectivity index (χ2v) is 7.42. The summed E-state index contributed by atoms with van der Waals surface area (Å²) in [5.41, 5.74) is 4.76. The normalized spacial score (nSPS) is 13.0. The smallest absolute Gasteiger partial charge is 0.261 e. The summed E-state index contributed by atoms with van der Waals surface area (Å²) in [6, 6.07) is 16.3. The summed E-state index contributed by atoms with van der Waals surface area (Å²) in [7, 11) is -3.60. The molecule has 120 valence electrons. The van der Waals surface area contributed by atoms with Crippen molar-refractivity contribution in [2.45, 2.75) is 11.3 Å². The maximum atomic E-state index is 12.6. The summed E-state index contributed by atoms with van der Waals surface area (Å²) in [4.78, 5) is 3.35. The number of hydrogen-bond donors (Lipinski definition) is 2. The number of fused-ring (bicyclic) bond motifs is 1. The number of H-pyrrole nitrogens is 1. The maximum Gasteiger partial charge on any atom is 0.261 e. The van der Waals surface area contributed by atoms with Gasteiger partial charge in [0.25, 0.3) is 10.0 Å². The molecule has 1 aliphatic rings. The molecule has 1 aromatic heterocycles. The molecule has 2 N–H and O–H groups in total. The molecule has 5 heteroatoms. The van der Waals surface area contributed by atoms with Crippen LogP contribution in [0.1, 0.15) is 11.1 Å². The quantitative estimate of drug-likeness (QED) is 0.755. The van der Waals surface area contributed by atoms with Crippen LogP contribution in [0.4, 0.5) is 5.69 Å². The van der Waals surface area contributed by atoms with Gasteiger partial charge < -0.3 is 4.98 Å². The Kier molecular flexibility index (Phi) is 3.50. The number of hydrogen-bond acceptors (Lipinski definition) is 2. The molecule has 0 aliphatic heterocycles. The van der Waals surface area contributed by atoms with Crippen LogP contribution in [0.5, 0.6) is 0 Å². The third-order valence-corrected chi connectivity index (χ3v) is 5.50. The lowest BCUT2D eigenvalue weighted by Gasteiger charge is -2.10. The fourth-order valence-corrected chi connectivity index (χ4v) is 3.90. The zero-order valence-corrected chi connectivity index (χ0v) is 13.7. The number of allylic oxidation sites excluding steroid dienone is 1. The highest BCUT2D eigenvalue weighted by Crippen LogP contribution is 2.25. The summed E-state index contributed by atoms with van der Waals surface area (Å²) in [6.45, 7) is 0. The van der Waals surface area contributed by atoms with Crippen molar-refractivity contribution in [3.05, 3.63) is 78.0 Å². The molecule has 24 heavy (non-hydrogen) atoms. The van der Waals surface area contributed by atoms with Gasteiger partial charge in [-0.15, -0.1) is 0 Å². The van der Waals surface area contributed by atoms with Gasteiger partial charge in [0, 0.05) is 17.6 Å². The van der Waals surface area contributed by atoms with Crippen LogP contribution in [-0.2, 0) is 16.4 Å². The summed E-state index contributed by atoms with van der Waals surface area (Å²) in [5, 5.41) is 0. The lowest BCUT2D eigenvalue weighted by atomic mass is 10.1. The Hall–Kier alpha value is -2.79. The van der Waals surface area contributed by atoms with Gasteiger partial charge in [0.05, 0.1) is 4.90 Å². The Morgan fingerprint density at radius 3 is 2.58 bits per heavy atom. The molecular formula is C19H16N2O2S. The molecule has 0 radical (unpaired) electrons. The van der Waals surface area contributed by atoms with E-state index in [1.807, 2.05) is 36.5 Å². The van der Waals surface area contributed by atoms with E-state index >= 15 is 0 Å². The van der Waals surface area contributed by atoms with Crippen LogP contribution in [0, 0.1) is 0 Å². The topological polar surface area (TPSA) is 62.0 Å². The SMILES string of the molecule is O=S(=O)(Nc1ccc2c(c1)C=CC2)c1ccc(-c2ccc[nH]2)cc1. The number of anilines is 1. The second kappa shape index (κ2) is 5.69. The van der Waals surface area contributed by atoms with E-state index in [-0.39, 0.29) is 4.90 Å². The zero-order valence-electron chi connectivity index (χ0n) is 12.9. The average molecular weight is 336 g/mol. The maximum absolute atomic E-state index is 12.6. The zero-order chi connectivity index (χ0) is 16.6. The Morgan fingerprint density at radius 2 is 1.83 bits per heavy atom. The van der Waals surface area contributed by atoms with E-state index in [0.717, 1.165) is 23.2 Å². The summed E-state index contributed by atoms with van der Waals surface area (Å²) >= 11 is 0. The minimum Gasteiger partial charge on any atom is -0.361 e. The van der Waals surface area contributed by atoms with Crippen LogP contribution in [-0.4, -0.2) is 13.4 Å². The predicted octanol–water partition coefficient (Wildman–Crippen LogP) is 4.05. The van der Waals surface area contributed by atoms with Crippen LogP contribution in [0.3, 0.4) is 0 Å². The van der Waals surface area contributed by atoms with E-state index in [0.29, 0.717) is 5.69 Å². The second-order valence-electron chi connectivity index (χ2n) is 5.73. The van der Waals surface area contributed by atoms with Crippen molar-refractivity contribution < 1.29 is 8.42 Å². The standard InChI is InChI=1S/C19H16N2O2S/c22-24(23,21-17-9-6-14-3-1-4-16(14)13-17)18-10-7-15(8-11-18)19-5-2-12-20-19/h1-2,4-13,20-21H,3H2. The van der Waals surface area contributed by atoms with E-state index in [2.05, 4.69) is 15.8 Å². The van der Waals surface area contributed by atoms with E-state index < -0.39 is 10.0 Å². The molecule has 0 spiro atoms. The minimum absolute atomic E-state index is 0.244.